The van der Waals surface area contributed by atoms with Gasteiger partial charge in [-0.05, 0) is 22.0 Å². The van der Waals surface area contributed by atoms with E-state index in [-0.39, 0.29) is 16.5 Å². The van der Waals surface area contributed by atoms with Crippen LogP contribution in [0.3, 0.4) is 0 Å². The van der Waals surface area contributed by atoms with Gasteiger partial charge in [-0.1, -0.05) is 0 Å². The van der Waals surface area contributed by atoms with Crippen molar-refractivity contribution in [1.82, 2.24) is 0 Å². The van der Waals surface area contributed by atoms with Crippen LogP contribution in [0.15, 0.2) is 10.5 Å². The first-order chi connectivity index (χ1) is 6.07. The Morgan fingerprint density at radius 3 is 2.62 bits per heavy atom. The van der Waals surface area contributed by atoms with E-state index in [2.05, 4.69) is 15.9 Å². The molecule has 1 rings (SSSR count). The summed E-state index contributed by atoms with van der Waals surface area (Å²) in [7, 11) is 0. The van der Waals surface area contributed by atoms with Gasteiger partial charge in [-0.25, -0.2) is 4.39 Å². The lowest BCUT2D eigenvalue weighted by atomic mass is 10.1. The number of nitriles is 1. The molecule has 0 spiro atoms. The number of benzene rings is 1. The lowest BCUT2D eigenvalue weighted by molar-refractivity contribution is 0.401. The van der Waals surface area contributed by atoms with Crippen molar-refractivity contribution in [2.75, 3.05) is 0 Å². The van der Waals surface area contributed by atoms with Gasteiger partial charge in [-0.2, -0.15) is 9.65 Å². The van der Waals surface area contributed by atoms with E-state index in [0.29, 0.717) is 0 Å². The molecule has 0 aliphatic rings. The quantitative estimate of drug-likeness (QED) is 0.776. The molecule has 0 saturated carbocycles. The normalized spacial score (nSPS) is 9.69. The predicted octanol–water partition coefficient (Wildman–Crippen LogP) is 2.50. The number of rotatable bonds is 1. The Balaban J connectivity index is 3.34. The predicted molar refractivity (Wildman–Crippen MR) is 45.0 cm³/mol. The molecule has 0 fully saturated rings. The third-order valence-corrected chi connectivity index (χ3v) is 2.08. The molecule has 13 heavy (non-hydrogen) atoms. The molecular formula is C8H4BrF2NO. The number of aromatic hydroxyl groups is 1. The molecule has 2 nitrogen and oxygen atoms in total. The molecule has 1 aromatic rings. The molecule has 0 unspecified atom stereocenters. The first kappa shape index (κ1) is 9.93. The highest BCUT2D eigenvalue weighted by atomic mass is 79.9. The Kier molecular flexibility index (Phi) is 2.83. The van der Waals surface area contributed by atoms with E-state index in [1.807, 2.05) is 0 Å². The minimum Gasteiger partial charge on any atom is -0.504 e. The summed E-state index contributed by atoms with van der Waals surface area (Å²) in [5.41, 5.74) is -0.0790. The molecule has 1 N–H and O–H groups in total. The summed E-state index contributed by atoms with van der Waals surface area (Å²) in [6.45, 7) is 0. The molecule has 0 aromatic heterocycles. The molecule has 0 aliphatic carbocycles. The molecule has 0 heterocycles. The minimum absolute atomic E-state index is 0.0386. The van der Waals surface area contributed by atoms with Crippen LogP contribution in [0.25, 0.3) is 0 Å². The van der Waals surface area contributed by atoms with Crippen LogP contribution in [0.4, 0.5) is 8.78 Å². The summed E-state index contributed by atoms with van der Waals surface area (Å²) >= 11 is 2.83. The second kappa shape index (κ2) is 3.71. The summed E-state index contributed by atoms with van der Waals surface area (Å²) in [6.07, 6.45) is -0.234. The average molecular weight is 248 g/mol. The highest BCUT2D eigenvalue weighted by Gasteiger charge is 2.15. The minimum atomic E-state index is -1.33. The zero-order valence-electron chi connectivity index (χ0n) is 6.31. The fraction of sp³-hybridized carbons (Fsp3) is 0.125. The van der Waals surface area contributed by atoms with Gasteiger partial charge in [0.05, 0.1) is 17.0 Å². The fourth-order valence-electron chi connectivity index (χ4n) is 0.848. The molecule has 0 radical (unpaired) electrons. The highest BCUT2D eigenvalue weighted by Crippen LogP contribution is 2.30. The van der Waals surface area contributed by atoms with Gasteiger partial charge < -0.3 is 5.11 Å². The van der Waals surface area contributed by atoms with Crippen LogP contribution >= 0.6 is 15.9 Å². The Hall–Kier alpha value is -1.15. The Morgan fingerprint density at radius 1 is 1.46 bits per heavy atom. The number of phenolic OH excluding ortho intramolecular Hbond substituents is 1. The van der Waals surface area contributed by atoms with E-state index >= 15 is 0 Å². The van der Waals surface area contributed by atoms with Crippen molar-refractivity contribution in [2.45, 2.75) is 6.42 Å². The Morgan fingerprint density at radius 2 is 2.08 bits per heavy atom. The molecular weight excluding hydrogens is 244 g/mol. The summed E-state index contributed by atoms with van der Waals surface area (Å²) in [5.74, 6) is -3.29. The molecule has 0 saturated heterocycles. The van der Waals surface area contributed by atoms with E-state index in [1.54, 1.807) is 6.07 Å². The molecule has 1 aromatic carbocycles. The van der Waals surface area contributed by atoms with E-state index in [1.165, 1.54) is 6.07 Å². The summed E-state index contributed by atoms with van der Waals surface area (Å²) in [6, 6.07) is 2.87. The first-order valence-electron chi connectivity index (χ1n) is 3.30. The topological polar surface area (TPSA) is 44.0 Å². The summed E-state index contributed by atoms with van der Waals surface area (Å²) in [5, 5.41) is 17.2. The lowest BCUT2D eigenvalue weighted by Crippen LogP contribution is -1.94. The van der Waals surface area contributed by atoms with E-state index in [4.69, 9.17) is 10.4 Å². The van der Waals surface area contributed by atoms with Gasteiger partial charge in [0.15, 0.2) is 11.6 Å². The van der Waals surface area contributed by atoms with Crippen molar-refractivity contribution in [1.29, 1.82) is 5.26 Å². The van der Waals surface area contributed by atoms with Crippen LogP contribution in [0.2, 0.25) is 0 Å². The maximum atomic E-state index is 12.9. The van der Waals surface area contributed by atoms with Crippen LogP contribution in [0.1, 0.15) is 5.56 Å². The molecule has 0 aliphatic heterocycles. The zero-order valence-corrected chi connectivity index (χ0v) is 7.90. The highest BCUT2D eigenvalue weighted by molar-refractivity contribution is 9.10. The summed E-state index contributed by atoms with van der Waals surface area (Å²) < 4.78 is 25.8. The van der Waals surface area contributed by atoms with Gasteiger partial charge in [0.1, 0.15) is 0 Å². The monoisotopic (exact) mass is 247 g/mol. The standard InChI is InChI=1S/C8H4BrF2NO/c9-5-3-4(1-2-12)6(10)7(11)8(5)13/h3,13H,1H2. The van der Waals surface area contributed by atoms with Crippen LogP contribution < -0.4 is 0 Å². The number of hydrogen-bond acceptors (Lipinski definition) is 2. The van der Waals surface area contributed by atoms with Crippen molar-refractivity contribution in [3.63, 3.8) is 0 Å². The Labute approximate surface area is 81.5 Å². The second-order valence-electron chi connectivity index (χ2n) is 2.33. The van der Waals surface area contributed by atoms with Gasteiger partial charge >= 0.3 is 0 Å². The maximum absolute atomic E-state index is 12.9. The molecule has 0 amide bonds. The van der Waals surface area contributed by atoms with Crippen molar-refractivity contribution < 1.29 is 13.9 Å². The fourth-order valence-corrected chi connectivity index (χ4v) is 1.30. The molecule has 0 bridgehead atoms. The van der Waals surface area contributed by atoms with Crippen molar-refractivity contribution in [3.05, 3.63) is 27.7 Å². The smallest absolute Gasteiger partial charge is 0.201 e. The number of nitrogens with zero attached hydrogens (tertiary/aromatic N) is 1. The van der Waals surface area contributed by atoms with Crippen molar-refractivity contribution in [2.24, 2.45) is 0 Å². The van der Waals surface area contributed by atoms with Gasteiger partial charge in [0.25, 0.3) is 0 Å². The maximum Gasteiger partial charge on any atom is 0.201 e. The van der Waals surface area contributed by atoms with Gasteiger partial charge in [0.2, 0.25) is 5.82 Å². The summed E-state index contributed by atoms with van der Waals surface area (Å²) in [4.78, 5) is 0. The molecule has 5 heteroatoms. The van der Waals surface area contributed by atoms with Crippen LogP contribution in [-0.4, -0.2) is 5.11 Å². The number of hydrogen-bond donors (Lipinski definition) is 1. The van der Waals surface area contributed by atoms with Crippen LogP contribution in [0, 0.1) is 23.0 Å². The number of halogens is 3. The van der Waals surface area contributed by atoms with Crippen molar-refractivity contribution >= 4 is 15.9 Å². The Bertz CT molecular complexity index is 387. The average Bonchev–Trinajstić information content (AvgIpc) is 2.11. The van der Waals surface area contributed by atoms with Crippen LogP contribution in [-0.2, 0) is 6.42 Å². The second-order valence-corrected chi connectivity index (χ2v) is 3.18. The third-order valence-electron chi connectivity index (χ3n) is 1.48. The van der Waals surface area contributed by atoms with E-state index < -0.39 is 17.4 Å². The van der Waals surface area contributed by atoms with E-state index in [0.717, 1.165) is 0 Å². The van der Waals surface area contributed by atoms with Gasteiger partial charge in [0, 0.05) is 5.56 Å². The zero-order chi connectivity index (χ0) is 10.0. The molecule has 68 valence electrons. The van der Waals surface area contributed by atoms with E-state index in [9.17, 15) is 8.78 Å². The lowest BCUT2D eigenvalue weighted by Gasteiger charge is -2.03. The number of phenols is 1. The molecule has 0 atom stereocenters. The third kappa shape index (κ3) is 1.78. The van der Waals surface area contributed by atoms with Crippen LogP contribution in [0.5, 0.6) is 5.75 Å². The largest absolute Gasteiger partial charge is 0.504 e. The SMILES string of the molecule is N#CCc1cc(Br)c(O)c(F)c1F. The van der Waals surface area contributed by atoms with Gasteiger partial charge in [-0.3, -0.25) is 0 Å². The first-order valence-corrected chi connectivity index (χ1v) is 4.09. The van der Waals surface area contributed by atoms with Gasteiger partial charge in [-0.15, -0.1) is 0 Å². The van der Waals surface area contributed by atoms with Crippen molar-refractivity contribution in [3.8, 4) is 11.8 Å².